The van der Waals surface area contributed by atoms with E-state index in [-0.39, 0.29) is 18.7 Å². The summed E-state index contributed by atoms with van der Waals surface area (Å²) in [5.74, 6) is -3.34. The van der Waals surface area contributed by atoms with Crippen LogP contribution in [0.15, 0.2) is 24.4 Å². The highest BCUT2D eigenvalue weighted by Gasteiger charge is 2.38. The molecule has 0 bridgehead atoms. The van der Waals surface area contributed by atoms with Crippen LogP contribution in [-0.4, -0.2) is 23.3 Å². The normalized spacial score (nSPS) is 17.6. The standard InChI is InChI=1S/C15H13F2N3O2S/c1-8-7-18-15(23-8)19-13(21)12-2-3-20(14(12)22)11-5-9(16)4-10(17)6-11/h4-7,12H,2-3H2,1H3,(H,18,19,21)/t12-/m1/s1. The van der Waals surface area contributed by atoms with Gasteiger partial charge in [-0.15, -0.1) is 11.3 Å². The van der Waals surface area contributed by atoms with Crippen LogP contribution in [-0.2, 0) is 9.59 Å². The smallest absolute Gasteiger partial charge is 0.239 e. The van der Waals surface area contributed by atoms with Crippen molar-refractivity contribution in [3.05, 3.63) is 40.9 Å². The lowest BCUT2D eigenvalue weighted by Crippen LogP contribution is -2.33. The van der Waals surface area contributed by atoms with Crippen LogP contribution >= 0.6 is 11.3 Å². The van der Waals surface area contributed by atoms with Crippen LogP contribution in [0.1, 0.15) is 11.3 Å². The van der Waals surface area contributed by atoms with Crippen molar-refractivity contribution in [3.63, 3.8) is 0 Å². The molecule has 1 aromatic carbocycles. The summed E-state index contributed by atoms with van der Waals surface area (Å²) >= 11 is 1.31. The summed E-state index contributed by atoms with van der Waals surface area (Å²) in [6.07, 6.45) is 1.91. The van der Waals surface area contributed by atoms with Crippen molar-refractivity contribution in [3.8, 4) is 0 Å². The largest absolute Gasteiger partial charge is 0.311 e. The molecule has 2 aromatic rings. The number of nitrogens with one attached hydrogen (secondary N) is 1. The van der Waals surface area contributed by atoms with Gasteiger partial charge in [0.1, 0.15) is 17.6 Å². The molecule has 0 aliphatic carbocycles. The fraction of sp³-hybridized carbons (Fsp3) is 0.267. The summed E-state index contributed by atoms with van der Waals surface area (Å²) in [7, 11) is 0. The summed E-state index contributed by atoms with van der Waals surface area (Å²) in [5.41, 5.74) is 0.118. The van der Waals surface area contributed by atoms with Crippen molar-refractivity contribution in [2.75, 3.05) is 16.8 Å². The number of anilines is 2. The molecule has 1 atom stereocenters. The van der Waals surface area contributed by atoms with E-state index in [1.165, 1.54) is 16.2 Å². The second-order valence-electron chi connectivity index (χ2n) is 5.22. The lowest BCUT2D eigenvalue weighted by molar-refractivity contribution is -0.129. The van der Waals surface area contributed by atoms with Crippen LogP contribution in [0.2, 0.25) is 0 Å². The number of rotatable bonds is 3. The zero-order valence-electron chi connectivity index (χ0n) is 12.2. The molecule has 0 spiro atoms. The Morgan fingerprint density at radius 2 is 2.04 bits per heavy atom. The molecule has 5 nitrogen and oxygen atoms in total. The Kier molecular flexibility index (Phi) is 4.08. The summed E-state index contributed by atoms with van der Waals surface area (Å²) in [6.45, 7) is 2.09. The average Bonchev–Trinajstić information content (AvgIpc) is 3.04. The molecule has 1 aliphatic heterocycles. The van der Waals surface area contributed by atoms with E-state index < -0.39 is 29.4 Å². The summed E-state index contributed by atoms with van der Waals surface area (Å²) < 4.78 is 26.6. The third-order valence-electron chi connectivity index (χ3n) is 3.53. The first-order chi connectivity index (χ1) is 10.9. The van der Waals surface area contributed by atoms with Gasteiger partial charge in [0.2, 0.25) is 11.8 Å². The third-order valence-corrected chi connectivity index (χ3v) is 4.36. The van der Waals surface area contributed by atoms with Crippen molar-refractivity contribution < 1.29 is 18.4 Å². The molecule has 0 unspecified atom stereocenters. The Hall–Kier alpha value is -2.35. The predicted molar refractivity (Wildman–Crippen MR) is 82.3 cm³/mol. The summed E-state index contributed by atoms with van der Waals surface area (Å²) in [5, 5.41) is 3.03. The molecule has 1 fully saturated rings. The lowest BCUT2D eigenvalue weighted by atomic mass is 10.1. The van der Waals surface area contributed by atoms with Crippen LogP contribution < -0.4 is 10.2 Å². The van der Waals surface area contributed by atoms with Crippen LogP contribution in [0.25, 0.3) is 0 Å². The van der Waals surface area contributed by atoms with E-state index in [1.54, 1.807) is 6.20 Å². The molecule has 0 radical (unpaired) electrons. The van der Waals surface area contributed by atoms with Crippen LogP contribution in [0, 0.1) is 24.5 Å². The molecule has 0 saturated carbocycles. The van der Waals surface area contributed by atoms with Gasteiger partial charge in [0, 0.05) is 29.4 Å². The van der Waals surface area contributed by atoms with Crippen LogP contribution in [0.5, 0.6) is 0 Å². The van der Waals surface area contributed by atoms with Crippen LogP contribution in [0.3, 0.4) is 0 Å². The number of benzene rings is 1. The second-order valence-corrected chi connectivity index (χ2v) is 6.46. The number of halogens is 2. The molecule has 1 aromatic heterocycles. The van der Waals surface area contributed by atoms with Crippen molar-refractivity contribution in [1.82, 2.24) is 4.98 Å². The van der Waals surface area contributed by atoms with E-state index in [0.717, 1.165) is 23.1 Å². The summed E-state index contributed by atoms with van der Waals surface area (Å²) in [6, 6.07) is 2.88. The van der Waals surface area contributed by atoms with E-state index >= 15 is 0 Å². The van der Waals surface area contributed by atoms with Gasteiger partial charge < -0.3 is 10.2 Å². The zero-order valence-corrected chi connectivity index (χ0v) is 13.0. The number of hydrogen-bond acceptors (Lipinski definition) is 4. The highest BCUT2D eigenvalue weighted by molar-refractivity contribution is 7.15. The Bertz CT molecular complexity index is 758. The second kappa shape index (κ2) is 6.04. The molecule has 2 heterocycles. The Morgan fingerprint density at radius 1 is 1.35 bits per heavy atom. The van der Waals surface area contributed by atoms with Crippen molar-refractivity contribution in [2.45, 2.75) is 13.3 Å². The number of carbonyl (C=O) groups is 2. The first kappa shape index (κ1) is 15.5. The van der Waals surface area contributed by atoms with E-state index in [0.29, 0.717) is 5.13 Å². The molecule has 8 heteroatoms. The summed E-state index contributed by atoms with van der Waals surface area (Å²) in [4.78, 5) is 30.8. The first-order valence-electron chi connectivity index (χ1n) is 6.95. The maximum atomic E-state index is 13.3. The lowest BCUT2D eigenvalue weighted by Gasteiger charge is -2.16. The number of amides is 2. The van der Waals surface area contributed by atoms with Gasteiger partial charge in [-0.1, -0.05) is 0 Å². The van der Waals surface area contributed by atoms with E-state index in [2.05, 4.69) is 10.3 Å². The van der Waals surface area contributed by atoms with Gasteiger partial charge in [-0.25, -0.2) is 13.8 Å². The van der Waals surface area contributed by atoms with Crippen LogP contribution in [0.4, 0.5) is 19.6 Å². The fourth-order valence-electron chi connectivity index (χ4n) is 2.48. The van der Waals surface area contributed by atoms with Gasteiger partial charge in [0.15, 0.2) is 5.13 Å². The highest BCUT2D eigenvalue weighted by Crippen LogP contribution is 2.28. The van der Waals surface area contributed by atoms with Gasteiger partial charge >= 0.3 is 0 Å². The Labute approximate surface area is 134 Å². The van der Waals surface area contributed by atoms with E-state index in [1.807, 2.05) is 6.92 Å². The van der Waals surface area contributed by atoms with Gasteiger partial charge in [0.25, 0.3) is 0 Å². The maximum absolute atomic E-state index is 13.3. The number of hydrogen-bond donors (Lipinski definition) is 1. The predicted octanol–water partition coefficient (Wildman–Crippen LogP) is 2.72. The zero-order chi connectivity index (χ0) is 16.6. The average molecular weight is 337 g/mol. The highest BCUT2D eigenvalue weighted by atomic mass is 32.1. The number of nitrogens with zero attached hydrogens (tertiary/aromatic N) is 2. The molecular formula is C15H13F2N3O2S. The van der Waals surface area contributed by atoms with Gasteiger partial charge in [0.05, 0.1) is 0 Å². The maximum Gasteiger partial charge on any atom is 0.239 e. The number of aromatic nitrogens is 1. The minimum absolute atomic E-state index is 0.118. The third kappa shape index (κ3) is 3.21. The molecule has 2 amide bonds. The molecule has 23 heavy (non-hydrogen) atoms. The fourth-order valence-corrected chi connectivity index (χ4v) is 3.15. The molecule has 1 aliphatic rings. The first-order valence-corrected chi connectivity index (χ1v) is 7.76. The molecule has 1 saturated heterocycles. The van der Waals surface area contributed by atoms with Gasteiger partial charge in [-0.2, -0.15) is 0 Å². The molecule has 1 N–H and O–H groups in total. The van der Waals surface area contributed by atoms with E-state index in [4.69, 9.17) is 0 Å². The molecule has 3 rings (SSSR count). The SMILES string of the molecule is Cc1cnc(NC(=O)[C@H]2CCN(c3cc(F)cc(F)c3)C2=O)s1. The van der Waals surface area contributed by atoms with E-state index in [9.17, 15) is 18.4 Å². The van der Waals surface area contributed by atoms with Gasteiger partial charge in [-0.3, -0.25) is 9.59 Å². The van der Waals surface area contributed by atoms with Gasteiger partial charge in [-0.05, 0) is 25.5 Å². The monoisotopic (exact) mass is 337 g/mol. The minimum atomic E-state index is -0.884. The molecule has 120 valence electrons. The molecular weight excluding hydrogens is 324 g/mol. The van der Waals surface area contributed by atoms with Crippen molar-refractivity contribution in [1.29, 1.82) is 0 Å². The minimum Gasteiger partial charge on any atom is -0.311 e. The quantitative estimate of drug-likeness (QED) is 0.876. The number of thiazole rings is 1. The number of aryl methyl sites for hydroxylation is 1. The number of carbonyl (C=O) groups excluding carboxylic acids is 2. The van der Waals surface area contributed by atoms with Crippen molar-refractivity contribution in [2.24, 2.45) is 5.92 Å². The topological polar surface area (TPSA) is 62.3 Å². The Morgan fingerprint density at radius 3 is 2.65 bits per heavy atom. The Balaban J connectivity index is 1.74. The van der Waals surface area contributed by atoms with Crippen molar-refractivity contribution >= 4 is 34.0 Å².